The van der Waals surface area contributed by atoms with E-state index in [0.717, 1.165) is 22.8 Å². The average molecular weight is 476 g/mol. The Bertz CT molecular complexity index is 1080. The van der Waals surface area contributed by atoms with Gasteiger partial charge in [0.05, 0.1) is 12.7 Å². The summed E-state index contributed by atoms with van der Waals surface area (Å²) in [5.41, 5.74) is 2.37. The van der Waals surface area contributed by atoms with Crippen molar-refractivity contribution in [2.24, 2.45) is 0 Å². The number of piperazine rings is 1. The molecule has 0 radical (unpaired) electrons. The summed E-state index contributed by atoms with van der Waals surface area (Å²) in [7, 11) is 0. The minimum absolute atomic E-state index is 0.0219. The van der Waals surface area contributed by atoms with Gasteiger partial charge in [0.1, 0.15) is 18.2 Å². The third-order valence-electron chi connectivity index (χ3n) is 5.48. The van der Waals surface area contributed by atoms with Crippen molar-refractivity contribution in [3.05, 3.63) is 83.8 Å². The molecule has 1 aliphatic rings. The van der Waals surface area contributed by atoms with Gasteiger partial charge in [0.25, 0.3) is 5.91 Å². The maximum atomic E-state index is 12.5. The largest absolute Gasteiger partial charge is 0.487 e. The van der Waals surface area contributed by atoms with Crippen molar-refractivity contribution in [3.8, 4) is 5.75 Å². The fraction of sp³-hybridized carbons (Fsp3) is 0.333. The Hall–Kier alpha value is -3.94. The number of anilines is 1. The van der Waals surface area contributed by atoms with Crippen LogP contribution in [0.2, 0.25) is 0 Å². The Kier molecular flexibility index (Phi) is 9.59. The second-order valence-electron chi connectivity index (χ2n) is 7.86. The van der Waals surface area contributed by atoms with Gasteiger partial charge in [-0.05, 0) is 36.8 Å². The summed E-state index contributed by atoms with van der Waals surface area (Å²) >= 11 is 0. The smallest absolute Gasteiger partial charge is 0.251 e. The quantitative estimate of drug-likeness (QED) is 0.563. The van der Waals surface area contributed by atoms with Crippen LogP contribution < -0.4 is 15.0 Å². The van der Waals surface area contributed by atoms with Gasteiger partial charge in [0.15, 0.2) is 0 Å². The minimum Gasteiger partial charge on any atom is -0.487 e. The molecule has 0 atom stereocenters. The molecule has 0 aliphatic carbocycles. The monoisotopic (exact) mass is 475 g/mol. The normalized spacial score (nSPS) is 12.9. The molecule has 0 spiro atoms. The van der Waals surface area contributed by atoms with Crippen molar-refractivity contribution < 1.29 is 14.3 Å². The lowest BCUT2D eigenvalue weighted by molar-refractivity contribution is -0.130. The van der Waals surface area contributed by atoms with Gasteiger partial charge in [0.2, 0.25) is 5.91 Å². The molecule has 1 aliphatic heterocycles. The van der Waals surface area contributed by atoms with Crippen molar-refractivity contribution in [2.75, 3.05) is 37.6 Å². The van der Waals surface area contributed by atoms with E-state index in [1.807, 2.05) is 63.2 Å². The van der Waals surface area contributed by atoms with E-state index < -0.39 is 0 Å². The molecule has 4 rings (SSSR count). The molecule has 184 valence electrons. The summed E-state index contributed by atoms with van der Waals surface area (Å²) in [6, 6.07) is 17.2. The van der Waals surface area contributed by atoms with E-state index in [4.69, 9.17) is 4.74 Å². The van der Waals surface area contributed by atoms with Gasteiger partial charge < -0.3 is 19.9 Å². The van der Waals surface area contributed by atoms with Crippen LogP contribution in [0.1, 0.15) is 35.5 Å². The first kappa shape index (κ1) is 25.7. The van der Waals surface area contributed by atoms with E-state index in [9.17, 15) is 9.59 Å². The number of carbonyl (C=O) groups excluding carboxylic acids is 2. The zero-order valence-electron chi connectivity index (χ0n) is 20.6. The molecule has 35 heavy (non-hydrogen) atoms. The highest BCUT2D eigenvalue weighted by Crippen LogP contribution is 2.18. The minimum atomic E-state index is -0.272. The highest BCUT2D eigenvalue weighted by atomic mass is 16.5. The van der Waals surface area contributed by atoms with Crippen LogP contribution in [-0.4, -0.2) is 59.4 Å². The molecule has 0 saturated carbocycles. The van der Waals surface area contributed by atoms with Crippen LogP contribution in [0.25, 0.3) is 0 Å². The highest BCUT2D eigenvalue weighted by Gasteiger charge is 2.22. The average Bonchev–Trinajstić information content (AvgIpc) is 2.92. The molecular formula is C27H33N5O3. The number of aryl methyl sites for hydroxylation is 1. The lowest BCUT2D eigenvalue weighted by atomic mass is 10.2. The van der Waals surface area contributed by atoms with Crippen LogP contribution in [0.3, 0.4) is 0 Å². The van der Waals surface area contributed by atoms with E-state index >= 15 is 0 Å². The topological polar surface area (TPSA) is 87.7 Å². The predicted molar refractivity (Wildman–Crippen MR) is 136 cm³/mol. The Balaban J connectivity index is 0.00000167. The number of hydrogen-bond acceptors (Lipinski definition) is 6. The number of amides is 2. The van der Waals surface area contributed by atoms with Crippen LogP contribution in [0.5, 0.6) is 5.75 Å². The van der Waals surface area contributed by atoms with Crippen LogP contribution in [0.15, 0.2) is 67.0 Å². The van der Waals surface area contributed by atoms with Crippen molar-refractivity contribution >= 4 is 17.6 Å². The van der Waals surface area contributed by atoms with Gasteiger partial charge in [-0.15, -0.1) is 0 Å². The Morgan fingerprint density at radius 2 is 1.71 bits per heavy atom. The number of benzene rings is 1. The molecule has 1 saturated heterocycles. The molecule has 8 nitrogen and oxygen atoms in total. The van der Waals surface area contributed by atoms with Gasteiger partial charge in [-0.3, -0.25) is 14.6 Å². The number of carbonyl (C=O) groups is 2. The summed E-state index contributed by atoms with van der Waals surface area (Å²) in [4.78, 5) is 37.3. The first-order valence-corrected chi connectivity index (χ1v) is 11.9. The Labute approximate surface area is 207 Å². The molecular weight excluding hydrogens is 442 g/mol. The van der Waals surface area contributed by atoms with Crippen LogP contribution in [0.4, 0.5) is 5.82 Å². The number of rotatable bonds is 7. The molecule has 0 unspecified atom stereocenters. The second kappa shape index (κ2) is 13.1. The standard InChI is InChI=1S/C25H27N5O3.C2H6/c1-19-15-21(9-10-26-19)25(32)28-17-24(31)30-13-11-29(12-14-30)23-8-7-22(16-27-23)33-18-20-5-3-2-4-6-20;1-2/h2-10,15-16H,11-14,17-18H2,1H3,(H,28,32);1-2H3. The molecule has 1 N–H and O–H groups in total. The van der Waals surface area contributed by atoms with Crippen molar-refractivity contribution in [1.82, 2.24) is 20.2 Å². The van der Waals surface area contributed by atoms with E-state index in [1.165, 1.54) is 0 Å². The van der Waals surface area contributed by atoms with Crippen LogP contribution >= 0.6 is 0 Å². The second-order valence-corrected chi connectivity index (χ2v) is 7.86. The number of aromatic nitrogens is 2. The van der Waals surface area contributed by atoms with Crippen LogP contribution in [0, 0.1) is 6.92 Å². The van der Waals surface area contributed by atoms with Gasteiger partial charge in [-0.25, -0.2) is 4.98 Å². The molecule has 2 amide bonds. The fourth-order valence-corrected chi connectivity index (χ4v) is 3.63. The fourth-order valence-electron chi connectivity index (χ4n) is 3.63. The van der Waals surface area contributed by atoms with Gasteiger partial charge >= 0.3 is 0 Å². The number of nitrogens with zero attached hydrogens (tertiary/aromatic N) is 4. The van der Waals surface area contributed by atoms with Gasteiger partial charge in [0, 0.05) is 43.6 Å². The Morgan fingerprint density at radius 3 is 2.37 bits per heavy atom. The van der Waals surface area contributed by atoms with Gasteiger partial charge in [-0.2, -0.15) is 0 Å². The zero-order chi connectivity index (χ0) is 25.0. The lowest BCUT2D eigenvalue weighted by Crippen LogP contribution is -2.51. The zero-order valence-corrected chi connectivity index (χ0v) is 20.6. The molecule has 2 aromatic heterocycles. The number of nitrogens with one attached hydrogen (secondary N) is 1. The third kappa shape index (κ3) is 7.53. The van der Waals surface area contributed by atoms with E-state index in [2.05, 4.69) is 20.2 Å². The first-order chi connectivity index (χ1) is 17.1. The van der Waals surface area contributed by atoms with Gasteiger partial charge in [-0.1, -0.05) is 44.2 Å². The summed E-state index contributed by atoms with van der Waals surface area (Å²) in [6.07, 6.45) is 3.31. The molecule has 3 heterocycles. The number of pyridine rings is 2. The predicted octanol–water partition coefficient (Wildman–Crippen LogP) is 3.47. The summed E-state index contributed by atoms with van der Waals surface area (Å²) in [5, 5.41) is 2.70. The molecule has 1 aromatic carbocycles. The first-order valence-electron chi connectivity index (χ1n) is 11.9. The van der Waals surface area contributed by atoms with Crippen molar-refractivity contribution in [3.63, 3.8) is 0 Å². The van der Waals surface area contributed by atoms with E-state index in [1.54, 1.807) is 29.4 Å². The maximum absolute atomic E-state index is 12.5. The van der Waals surface area contributed by atoms with Crippen molar-refractivity contribution in [1.29, 1.82) is 0 Å². The third-order valence-corrected chi connectivity index (χ3v) is 5.48. The maximum Gasteiger partial charge on any atom is 0.251 e. The molecule has 3 aromatic rings. The van der Waals surface area contributed by atoms with Crippen LogP contribution in [-0.2, 0) is 11.4 Å². The van der Waals surface area contributed by atoms with E-state index in [-0.39, 0.29) is 18.4 Å². The lowest BCUT2D eigenvalue weighted by Gasteiger charge is -2.35. The Morgan fingerprint density at radius 1 is 0.971 bits per heavy atom. The molecule has 8 heteroatoms. The summed E-state index contributed by atoms with van der Waals surface area (Å²) in [5.74, 6) is 1.21. The number of hydrogen-bond donors (Lipinski definition) is 1. The summed E-state index contributed by atoms with van der Waals surface area (Å²) in [6.45, 7) is 8.82. The SMILES string of the molecule is CC.Cc1cc(C(=O)NCC(=O)N2CCN(c3ccc(OCc4ccccc4)cn3)CC2)ccn1. The van der Waals surface area contributed by atoms with Crippen molar-refractivity contribution in [2.45, 2.75) is 27.4 Å². The molecule has 1 fully saturated rings. The molecule has 0 bridgehead atoms. The van der Waals surface area contributed by atoms with E-state index in [0.29, 0.717) is 38.3 Å². The highest BCUT2D eigenvalue weighted by molar-refractivity contribution is 5.96. The number of ether oxygens (including phenoxy) is 1. The summed E-state index contributed by atoms with van der Waals surface area (Å²) < 4.78 is 5.80.